The van der Waals surface area contributed by atoms with Crippen LogP contribution in [0.25, 0.3) is 0 Å². The number of ether oxygens (including phenoxy) is 4. The molecular weight excluding hydrogens is 376 g/mol. The van der Waals surface area contributed by atoms with E-state index in [-0.39, 0.29) is 24.2 Å². The molecule has 0 bridgehead atoms. The predicted molar refractivity (Wildman–Crippen MR) is 113 cm³/mol. The standard InChI is InChI=1S/C21H42N2O6/c1-8-26-11-12-27-18(24)22-10-9-17(2)15-21(6,7)16-23-19(25)28-13-14-29-20(3,4)5/h17H,8-16H2,1-7H3,(H,22,24)(H,23,25). The molecule has 2 N–H and O–H groups in total. The number of carbonyl (C=O) groups is 2. The first kappa shape index (κ1) is 27.5. The van der Waals surface area contributed by atoms with Gasteiger partial charge in [0.05, 0.1) is 18.8 Å². The lowest BCUT2D eigenvalue weighted by molar-refractivity contribution is -0.0232. The van der Waals surface area contributed by atoms with Gasteiger partial charge in [0.25, 0.3) is 0 Å². The van der Waals surface area contributed by atoms with Crippen molar-refractivity contribution >= 4 is 12.2 Å². The number of hydrogen-bond acceptors (Lipinski definition) is 6. The van der Waals surface area contributed by atoms with Gasteiger partial charge < -0.3 is 29.6 Å². The zero-order valence-corrected chi connectivity index (χ0v) is 19.4. The second kappa shape index (κ2) is 14.4. The fourth-order valence-electron chi connectivity index (χ4n) is 2.77. The molecule has 0 saturated heterocycles. The first-order valence-electron chi connectivity index (χ1n) is 10.5. The third-order valence-electron chi connectivity index (χ3n) is 4.04. The van der Waals surface area contributed by atoms with Gasteiger partial charge in [0, 0.05) is 19.7 Å². The Labute approximate surface area is 176 Å². The minimum atomic E-state index is -0.431. The van der Waals surface area contributed by atoms with E-state index in [9.17, 15) is 9.59 Å². The maximum atomic E-state index is 11.8. The van der Waals surface area contributed by atoms with Gasteiger partial charge in [-0.15, -0.1) is 0 Å². The van der Waals surface area contributed by atoms with E-state index in [1.165, 1.54) is 0 Å². The molecule has 0 fully saturated rings. The molecule has 0 heterocycles. The molecule has 172 valence electrons. The summed E-state index contributed by atoms with van der Waals surface area (Å²) < 4.78 is 20.8. The number of rotatable bonds is 14. The Morgan fingerprint density at radius 3 is 2.07 bits per heavy atom. The summed E-state index contributed by atoms with van der Waals surface area (Å²) in [4.78, 5) is 23.4. The minimum Gasteiger partial charge on any atom is -0.447 e. The molecule has 0 aliphatic heterocycles. The summed E-state index contributed by atoms with van der Waals surface area (Å²) in [5.74, 6) is 0.381. The zero-order chi connectivity index (χ0) is 22.3. The summed E-state index contributed by atoms with van der Waals surface area (Å²) in [6.07, 6.45) is 0.885. The summed E-state index contributed by atoms with van der Waals surface area (Å²) in [7, 11) is 0. The highest BCUT2D eigenvalue weighted by molar-refractivity contribution is 5.67. The van der Waals surface area contributed by atoms with Crippen molar-refractivity contribution < 1.29 is 28.5 Å². The zero-order valence-electron chi connectivity index (χ0n) is 19.4. The van der Waals surface area contributed by atoms with Crippen molar-refractivity contribution in [1.29, 1.82) is 0 Å². The van der Waals surface area contributed by atoms with E-state index in [1.54, 1.807) is 0 Å². The fourth-order valence-corrected chi connectivity index (χ4v) is 2.77. The molecule has 0 aliphatic carbocycles. The molecular formula is C21H42N2O6. The Balaban J connectivity index is 3.90. The Hall–Kier alpha value is -1.54. The van der Waals surface area contributed by atoms with Crippen LogP contribution in [0.1, 0.15) is 61.3 Å². The van der Waals surface area contributed by atoms with Crippen LogP contribution in [0.4, 0.5) is 9.59 Å². The second-order valence-corrected chi connectivity index (χ2v) is 8.97. The Morgan fingerprint density at radius 1 is 0.897 bits per heavy atom. The van der Waals surface area contributed by atoms with Gasteiger partial charge in [-0.3, -0.25) is 0 Å². The average molecular weight is 419 g/mol. The van der Waals surface area contributed by atoms with Crippen LogP contribution < -0.4 is 10.6 Å². The second-order valence-electron chi connectivity index (χ2n) is 8.97. The number of carbonyl (C=O) groups excluding carboxylic acids is 2. The molecule has 0 spiro atoms. The number of amides is 2. The molecule has 1 atom stereocenters. The number of alkyl carbamates (subject to hydrolysis) is 2. The van der Waals surface area contributed by atoms with Crippen LogP contribution in [0, 0.1) is 11.3 Å². The average Bonchev–Trinajstić information content (AvgIpc) is 2.59. The molecule has 29 heavy (non-hydrogen) atoms. The summed E-state index contributed by atoms with van der Waals surface area (Å²) in [5, 5.41) is 5.56. The Morgan fingerprint density at radius 2 is 1.48 bits per heavy atom. The number of nitrogens with one attached hydrogen (secondary N) is 2. The molecule has 0 radical (unpaired) electrons. The Bertz CT molecular complexity index is 463. The first-order chi connectivity index (χ1) is 13.4. The van der Waals surface area contributed by atoms with Gasteiger partial charge in [0.2, 0.25) is 0 Å². The fraction of sp³-hybridized carbons (Fsp3) is 0.905. The van der Waals surface area contributed by atoms with E-state index >= 15 is 0 Å². The van der Waals surface area contributed by atoms with E-state index in [4.69, 9.17) is 18.9 Å². The highest BCUT2D eigenvalue weighted by atomic mass is 16.6. The summed E-state index contributed by atoms with van der Waals surface area (Å²) >= 11 is 0. The molecule has 8 heteroatoms. The summed E-state index contributed by atoms with van der Waals surface area (Å²) in [6, 6.07) is 0. The van der Waals surface area contributed by atoms with Crippen LogP contribution in [0.5, 0.6) is 0 Å². The highest BCUT2D eigenvalue weighted by Crippen LogP contribution is 2.26. The molecule has 0 aliphatic rings. The van der Waals surface area contributed by atoms with Gasteiger partial charge in [0.15, 0.2) is 0 Å². The van der Waals surface area contributed by atoms with E-state index in [1.807, 2.05) is 27.7 Å². The monoisotopic (exact) mass is 418 g/mol. The maximum absolute atomic E-state index is 11.8. The van der Waals surface area contributed by atoms with Crippen LogP contribution in [0.3, 0.4) is 0 Å². The van der Waals surface area contributed by atoms with Gasteiger partial charge in [0.1, 0.15) is 13.2 Å². The molecule has 2 amide bonds. The van der Waals surface area contributed by atoms with E-state index in [2.05, 4.69) is 31.4 Å². The van der Waals surface area contributed by atoms with Gasteiger partial charge in [-0.25, -0.2) is 9.59 Å². The topological polar surface area (TPSA) is 95.1 Å². The summed E-state index contributed by atoms with van der Waals surface area (Å²) in [6.45, 7) is 17.0. The molecule has 1 unspecified atom stereocenters. The quantitative estimate of drug-likeness (QED) is 0.417. The third-order valence-corrected chi connectivity index (χ3v) is 4.04. The van der Waals surface area contributed by atoms with E-state index in [0.29, 0.717) is 38.8 Å². The van der Waals surface area contributed by atoms with Crippen LogP contribution in [-0.4, -0.2) is 63.9 Å². The van der Waals surface area contributed by atoms with Crippen LogP contribution in [0.2, 0.25) is 0 Å². The van der Waals surface area contributed by atoms with Crippen molar-refractivity contribution in [2.45, 2.75) is 66.9 Å². The van der Waals surface area contributed by atoms with Crippen molar-refractivity contribution in [2.24, 2.45) is 11.3 Å². The SMILES string of the molecule is CCOCCOC(=O)NCCC(C)CC(C)(C)CNC(=O)OCCOC(C)(C)C. The molecule has 0 aromatic carbocycles. The lowest BCUT2D eigenvalue weighted by Gasteiger charge is -2.28. The van der Waals surface area contributed by atoms with Gasteiger partial charge in [-0.05, 0) is 51.9 Å². The molecule has 8 nitrogen and oxygen atoms in total. The lowest BCUT2D eigenvalue weighted by atomic mass is 9.82. The molecule has 0 aromatic heterocycles. The van der Waals surface area contributed by atoms with Crippen molar-refractivity contribution in [3.05, 3.63) is 0 Å². The molecule has 0 aromatic rings. The van der Waals surface area contributed by atoms with Crippen molar-refractivity contribution in [2.75, 3.05) is 46.1 Å². The Kier molecular flexibility index (Phi) is 13.7. The van der Waals surface area contributed by atoms with Crippen LogP contribution >= 0.6 is 0 Å². The van der Waals surface area contributed by atoms with Crippen molar-refractivity contribution in [3.8, 4) is 0 Å². The lowest BCUT2D eigenvalue weighted by Crippen LogP contribution is -2.36. The van der Waals surface area contributed by atoms with E-state index in [0.717, 1.165) is 12.8 Å². The molecule has 0 rings (SSSR count). The molecule has 0 saturated carbocycles. The van der Waals surface area contributed by atoms with Gasteiger partial charge in [-0.1, -0.05) is 20.8 Å². The third kappa shape index (κ3) is 18.2. The van der Waals surface area contributed by atoms with Crippen LogP contribution in [-0.2, 0) is 18.9 Å². The largest absolute Gasteiger partial charge is 0.447 e. The van der Waals surface area contributed by atoms with Gasteiger partial charge in [-0.2, -0.15) is 0 Å². The predicted octanol–water partition coefficient (Wildman–Crippen LogP) is 3.73. The smallest absolute Gasteiger partial charge is 0.407 e. The van der Waals surface area contributed by atoms with Crippen molar-refractivity contribution in [3.63, 3.8) is 0 Å². The highest BCUT2D eigenvalue weighted by Gasteiger charge is 2.22. The number of hydrogen-bond donors (Lipinski definition) is 2. The first-order valence-corrected chi connectivity index (χ1v) is 10.5. The summed E-state index contributed by atoms with van der Waals surface area (Å²) in [5.41, 5.74) is -0.328. The van der Waals surface area contributed by atoms with Crippen LogP contribution in [0.15, 0.2) is 0 Å². The van der Waals surface area contributed by atoms with Crippen molar-refractivity contribution in [1.82, 2.24) is 10.6 Å². The maximum Gasteiger partial charge on any atom is 0.407 e. The van der Waals surface area contributed by atoms with Gasteiger partial charge >= 0.3 is 12.2 Å². The minimum absolute atomic E-state index is 0.0850. The van der Waals surface area contributed by atoms with E-state index < -0.39 is 12.2 Å². The normalized spacial score (nSPS) is 12.9.